The molecule has 0 bridgehead atoms. The second-order valence-electron chi connectivity index (χ2n) is 3.27. The third kappa shape index (κ3) is 3.73. The van der Waals surface area contributed by atoms with Gasteiger partial charge in [-0.15, -0.1) is 0 Å². The molecule has 5 heteroatoms. The molecule has 1 aromatic carbocycles. The fourth-order valence-electron chi connectivity index (χ4n) is 1.20. The van der Waals surface area contributed by atoms with E-state index in [0.717, 1.165) is 16.7 Å². The molecule has 0 aromatic heterocycles. The molecule has 1 aromatic rings. The van der Waals surface area contributed by atoms with Crippen molar-refractivity contribution in [3.8, 4) is 0 Å². The van der Waals surface area contributed by atoms with Gasteiger partial charge in [0.2, 0.25) is 0 Å². The minimum absolute atomic E-state index is 0.736. The average Bonchev–Trinajstić information content (AvgIpc) is 2.14. The smallest absolute Gasteiger partial charge is 0.287 e. The Labute approximate surface area is 89.6 Å². The first kappa shape index (κ1) is 11.7. The fourth-order valence-corrected chi connectivity index (χ4v) is 1.51. The predicted molar refractivity (Wildman–Crippen MR) is 61.4 cm³/mol. The van der Waals surface area contributed by atoms with Gasteiger partial charge in [-0.3, -0.25) is 4.55 Å². The molecular formula is C10H13NO3S. The number of hydrogen-bond donors (Lipinski definition) is 1. The Hall–Kier alpha value is -1.33. The van der Waals surface area contributed by atoms with Crippen molar-refractivity contribution in [1.29, 1.82) is 0 Å². The van der Waals surface area contributed by atoms with Crippen LogP contribution in [0.3, 0.4) is 0 Å². The highest BCUT2D eigenvalue weighted by atomic mass is 32.2. The molecule has 82 valence electrons. The van der Waals surface area contributed by atoms with Crippen molar-refractivity contribution in [2.45, 2.75) is 0 Å². The summed E-state index contributed by atoms with van der Waals surface area (Å²) in [4.78, 5) is 1.86. The van der Waals surface area contributed by atoms with Gasteiger partial charge >= 0.3 is 0 Å². The van der Waals surface area contributed by atoms with E-state index in [4.69, 9.17) is 4.55 Å². The van der Waals surface area contributed by atoms with Gasteiger partial charge in [0.05, 0.1) is 5.41 Å². The quantitative estimate of drug-likeness (QED) is 0.797. The van der Waals surface area contributed by atoms with Gasteiger partial charge in [-0.25, -0.2) is 0 Å². The Morgan fingerprint density at radius 3 is 2.40 bits per heavy atom. The van der Waals surface area contributed by atoms with Crippen LogP contribution in [0.25, 0.3) is 6.08 Å². The molecule has 0 aliphatic carbocycles. The SMILES string of the molecule is CN(C)c1ccccc1C=CS(=O)(=O)O. The Morgan fingerprint density at radius 1 is 1.27 bits per heavy atom. The number of rotatable bonds is 3. The number of nitrogens with zero attached hydrogens (tertiary/aromatic N) is 1. The van der Waals surface area contributed by atoms with E-state index < -0.39 is 10.1 Å². The molecule has 0 radical (unpaired) electrons. The first-order valence-electron chi connectivity index (χ1n) is 4.32. The molecule has 1 rings (SSSR count). The minimum Gasteiger partial charge on any atom is -0.377 e. The van der Waals surface area contributed by atoms with Gasteiger partial charge in [-0.1, -0.05) is 18.2 Å². The number of benzene rings is 1. The van der Waals surface area contributed by atoms with Gasteiger partial charge in [-0.2, -0.15) is 8.42 Å². The highest BCUT2D eigenvalue weighted by Gasteiger charge is 2.01. The molecule has 0 saturated carbocycles. The number of para-hydroxylation sites is 1. The first-order valence-corrected chi connectivity index (χ1v) is 5.82. The lowest BCUT2D eigenvalue weighted by Gasteiger charge is -2.14. The van der Waals surface area contributed by atoms with E-state index >= 15 is 0 Å². The maximum atomic E-state index is 10.5. The summed E-state index contributed by atoms with van der Waals surface area (Å²) < 4.78 is 29.7. The van der Waals surface area contributed by atoms with Crippen LogP contribution in [-0.4, -0.2) is 27.1 Å². The zero-order chi connectivity index (χ0) is 11.5. The van der Waals surface area contributed by atoms with Crippen LogP contribution in [0.1, 0.15) is 5.56 Å². The summed E-state index contributed by atoms with van der Waals surface area (Å²) in [7, 11) is -0.341. The average molecular weight is 227 g/mol. The van der Waals surface area contributed by atoms with Crippen molar-refractivity contribution in [2.75, 3.05) is 19.0 Å². The molecule has 0 fully saturated rings. The number of anilines is 1. The summed E-state index contributed by atoms with van der Waals surface area (Å²) in [6, 6.07) is 7.30. The molecule has 1 N–H and O–H groups in total. The highest BCUT2D eigenvalue weighted by Crippen LogP contribution is 2.19. The third-order valence-corrected chi connectivity index (χ3v) is 2.32. The Morgan fingerprint density at radius 2 is 1.87 bits per heavy atom. The van der Waals surface area contributed by atoms with Crippen molar-refractivity contribution in [3.05, 3.63) is 35.2 Å². The van der Waals surface area contributed by atoms with Crippen LogP contribution in [0.4, 0.5) is 5.69 Å². The van der Waals surface area contributed by atoms with Crippen LogP contribution in [0.2, 0.25) is 0 Å². The molecule has 0 heterocycles. The highest BCUT2D eigenvalue weighted by molar-refractivity contribution is 7.88. The third-order valence-electron chi connectivity index (χ3n) is 1.84. The summed E-state index contributed by atoms with van der Waals surface area (Å²) >= 11 is 0. The molecule has 0 amide bonds. The van der Waals surface area contributed by atoms with Crippen molar-refractivity contribution >= 4 is 21.9 Å². The maximum Gasteiger partial charge on any atom is 0.287 e. The lowest BCUT2D eigenvalue weighted by molar-refractivity contribution is 0.494. The topological polar surface area (TPSA) is 57.6 Å². The van der Waals surface area contributed by atoms with E-state index in [-0.39, 0.29) is 0 Å². The Balaban J connectivity index is 3.10. The Kier molecular flexibility index (Phi) is 3.49. The molecule has 0 saturated heterocycles. The van der Waals surface area contributed by atoms with Crippen LogP contribution in [-0.2, 0) is 10.1 Å². The second kappa shape index (κ2) is 4.46. The number of hydrogen-bond acceptors (Lipinski definition) is 3. The lowest BCUT2D eigenvalue weighted by Crippen LogP contribution is -2.09. The van der Waals surface area contributed by atoms with Crippen LogP contribution in [0.15, 0.2) is 29.7 Å². The summed E-state index contributed by atoms with van der Waals surface area (Å²) in [6.07, 6.45) is 1.37. The molecule has 4 nitrogen and oxygen atoms in total. The summed E-state index contributed by atoms with van der Waals surface area (Å²) in [5.74, 6) is 0. The normalized spacial score (nSPS) is 11.9. The van der Waals surface area contributed by atoms with E-state index in [0.29, 0.717) is 0 Å². The zero-order valence-corrected chi connectivity index (χ0v) is 9.40. The minimum atomic E-state index is -4.06. The van der Waals surface area contributed by atoms with Gasteiger partial charge in [0, 0.05) is 19.8 Å². The molecule has 0 atom stereocenters. The fraction of sp³-hybridized carbons (Fsp3) is 0.200. The molecular weight excluding hydrogens is 214 g/mol. The van der Waals surface area contributed by atoms with Gasteiger partial charge in [0.25, 0.3) is 10.1 Å². The Bertz CT molecular complexity index is 463. The van der Waals surface area contributed by atoms with E-state index in [1.165, 1.54) is 6.08 Å². The van der Waals surface area contributed by atoms with Crippen LogP contribution in [0.5, 0.6) is 0 Å². The van der Waals surface area contributed by atoms with Crippen LogP contribution >= 0.6 is 0 Å². The summed E-state index contributed by atoms with van der Waals surface area (Å²) in [6.45, 7) is 0. The van der Waals surface area contributed by atoms with Gasteiger partial charge in [0.15, 0.2) is 0 Å². The standard InChI is InChI=1S/C10H13NO3S/c1-11(2)10-6-4-3-5-9(10)7-8-15(12,13)14/h3-8H,1-2H3,(H,12,13,14). The molecule has 0 aliphatic rings. The second-order valence-corrected chi connectivity index (χ2v) is 4.57. The van der Waals surface area contributed by atoms with E-state index in [2.05, 4.69) is 0 Å². The van der Waals surface area contributed by atoms with E-state index in [9.17, 15) is 8.42 Å². The van der Waals surface area contributed by atoms with Gasteiger partial charge in [-0.05, 0) is 17.7 Å². The molecule has 0 aliphatic heterocycles. The van der Waals surface area contributed by atoms with Crippen LogP contribution < -0.4 is 4.90 Å². The molecule has 0 spiro atoms. The molecule has 15 heavy (non-hydrogen) atoms. The largest absolute Gasteiger partial charge is 0.377 e. The van der Waals surface area contributed by atoms with E-state index in [1.54, 1.807) is 12.1 Å². The van der Waals surface area contributed by atoms with Crippen LogP contribution in [0, 0.1) is 0 Å². The van der Waals surface area contributed by atoms with E-state index in [1.807, 2.05) is 31.1 Å². The maximum absolute atomic E-state index is 10.5. The predicted octanol–water partition coefficient (Wildman–Crippen LogP) is 1.61. The monoisotopic (exact) mass is 227 g/mol. The van der Waals surface area contributed by atoms with Crippen molar-refractivity contribution in [2.24, 2.45) is 0 Å². The zero-order valence-electron chi connectivity index (χ0n) is 8.58. The molecule has 0 unspecified atom stereocenters. The van der Waals surface area contributed by atoms with Crippen molar-refractivity contribution in [1.82, 2.24) is 0 Å². The first-order chi connectivity index (χ1) is 6.90. The lowest BCUT2D eigenvalue weighted by atomic mass is 10.1. The van der Waals surface area contributed by atoms with Gasteiger partial charge in [0.1, 0.15) is 0 Å². The van der Waals surface area contributed by atoms with Crippen molar-refractivity contribution < 1.29 is 13.0 Å². The van der Waals surface area contributed by atoms with Crippen molar-refractivity contribution in [3.63, 3.8) is 0 Å². The summed E-state index contributed by atoms with van der Waals surface area (Å²) in [5.41, 5.74) is 1.62. The van der Waals surface area contributed by atoms with Gasteiger partial charge < -0.3 is 4.90 Å². The summed E-state index contributed by atoms with van der Waals surface area (Å²) in [5, 5.41) is 0.773.